The first-order valence-electron chi connectivity index (χ1n) is 5.81. The molecule has 0 radical (unpaired) electrons. The molecule has 1 aromatic carbocycles. The maximum Gasteiger partial charge on any atom is 0.157 e. The summed E-state index contributed by atoms with van der Waals surface area (Å²) in [7, 11) is 1.85. The molecular formula is C13H17N3O2. The van der Waals surface area contributed by atoms with Crippen LogP contribution in [-0.2, 0) is 13.6 Å². The van der Waals surface area contributed by atoms with Crippen LogP contribution in [0.25, 0.3) is 0 Å². The highest BCUT2D eigenvalue weighted by Gasteiger charge is 1.98. The Hall–Kier alpha value is -2.01. The fourth-order valence-electron chi connectivity index (χ4n) is 1.55. The Morgan fingerprint density at radius 3 is 2.67 bits per heavy atom. The first-order chi connectivity index (χ1) is 8.78. The number of rotatable bonds is 6. The lowest BCUT2D eigenvalue weighted by Gasteiger charge is -2.07. The molecule has 0 aliphatic carbocycles. The molecule has 0 aliphatic heterocycles. The van der Waals surface area contributed by atoms with Crippen LogP contribution in [-0.4, -0.2) is 23.0 Å². The number of nitrogens with zero attached hydrogens (tertiary/aromatic N) is 2. The van der Waals surface area contributed by atoms with Gasteiger partial charge in [-0.25, -0.2) is 0 Å². The average Bonchev–Trinajstić information content (AvgIpc) is 2.81. The minimum atomic E-state index is 0.485. The van der Waals surface area contributed by atoms with Crippen LogP contribution in [0, 0.1) is 0 Å². The molecule has 5 nitrogen and oxygen atoms in total. The SMILES string of the molecule is Cn1cc(OCCOc2cccc(CN)c2)cn1. The molecule has 2 N–H and O–H groups in total. The highest BCUT2D eigenvalue weighted by atomic mass is 16.5. The molecular weight excluding hydrogens is 230 g/mol. The van der Waals surface area contributed by atoms with E-state index in [-0.39, 0.29) is 0 Å². The smallest absolute Gasteiger partial charge is 0.157 e. The molecule has 5 heteroatoms. The normalized spacial score (nSPS) is 10.3. The number of aromatic nitrogens is 2. The number of nitrogens with two attached hydrogens (primary N) is 1. The molecule has 1 aromatic heterocycles. The summed E-state index contributed by atoms with van der Waals surface area (Å²) in [5.41, 5.74) is 6.62. The zero-order chi connectivity index (χ0) is 12.8. The quantitative estimate of drug-likeness (QED) is 0.782. The van der Waals surface area contributed by atoms with Gasteiger partial charge in [-0.3, -0.25) is 4.68 Å². The monoisotopic (exact) mass is 247 g/mol. The Kier molecular flexibility index (Phi) is 4.20. The molecule has 0 saturated carbocycles. The van der Waals surface area contributed by atoms with Crippen molar-refractivity contribution in [1.82, 2.24) is 9.78 Å². The van der Waals surface area contributed by atoms with E-state index in [1.807, 2.05) is 37.5 Å². The van der Waals surface area contributed by atoms with E-state index >= 15 is 0 Å². The van der Waals surface area contributed by atoms with Crippen molar-refractivity contribution in [2.75, 3.05) is 13.2 Å². The number of hydrogen-bond acceptors (Lipinski definition) is 4. The molecule has 0 spiro atoms. The second kappa shape index (κ2) is 6.07. The van der Waals surface area contributed by atoms with E-state index in [9.17, 15) is 0 Å². The standard InChI is InChI=1S/C13H17N3O2/c1-16-10-13(9-15-16)18-6-5-17-12-4-2-3-11(7-12)8-14/h2-4,7,9-10H,5-6,8,14H2,1H3. The molecule has 2 aromatic rings. The molecule has 18 heavy (non-hydrogen) atoms. The molecule has 0 fully saturated rings. The summed E-state index contributed by atoms with van der Waals surface area (Å²) in [4.78, 5) is 0. The molecule has 0 atom stereocenters. The fraction of sp³-hybridized carbons (Fsp3) is 0.308. The third-order valence-electron chi connectivity index (χ3n) is 2.44. The lowest BCUT2D eigenvalue weighted by atomic mass is 10.2. The van der Waals surface area contributed by atoms with Crippen LogP contribution in [0.5, 0.6) is 11.5 Å². The largest absolute Gasteiger partial charge is 0.490 e. The Morgan fingerprint density at radius 1 is 1.22 bits per heavy atom. The van der Waals surface area contributed by atoms with Gasteiger partial charge < -0.3 is 15.2 Å². The van der Waals surface area contributed by atoms with Crippen LogP contribution in [0.4, 0.5) is 0 Å². The summed E-state index contributed by atoms with van der Waals surface area (Å²) < 4.78 is 12.7. The highest BCUT2D eigenvalue weighted by Crippen LogP contribution is 2.13. The van der Waals surface area contributed by atoms with Gasteiger partial charge in [0.15, 0.2) is 5.75 Å². The second-order valence-electron chi connectivity index (χ2n) is 3.90. The van der Waals surface area contributed by atoms with Gasteiger partial charge in [0.25, 0.3) is 0 Å². The molecule has 96 valence electrons. The van der Waals surface area contributed by atoms with E-state index < -0.39 is 0 Å². The van der Waals surface area contributed by atoms with Crippen LogP contribution < -0.4 is 15.2 Å². The number of benzene rings is 1. The Morgan fingerprint density at radius 2 is 2.00 bits per heavy atom. The van der Waals surface area contributed by atoms with Crippen molar-refractivity contribution in [1.29, 1.82) is 0 Å². The molecule has 0 bridgehead atoms. The minimum absolute atomic E-state index is 0.485. The third-order valence-corrected chi connectivity index (χ3v) is 2.44. The second-order valence-corrected chi connectivity index (χ2v) is 3.90. The highest BCUT2D eigenvalue weighted by molar-refractivity contribution is 5.28. The summed E-state index contributed by atoms with van der Waals surface area (Å²) in [6, 6.07) is 7.74. The molecule has 2 rings (SSSR count). The van der Waals surface area contributed by atoms with Gasteiger partial charge in [-0.05, 0) is 17.7 Å². The van der Waals surface area contributed by atoms with Crippen molar-refractivity contribution >= 4 is 0 Å². The summed E-state index contributed by atoms with van der Waals surface area (Å²) in [5.74, 6) is 1.56. The Labute approximate surface area is 106 Å². The van der Waals surface area contributed by atoms with Crippen LogP contribution in [0.3, 0.4) is 0 Å². The Balaban J connectivity index is 1.74. The van der Waals surface area contributed by atoms with Crippen molar-refractivity contribution in [3.63, 3.8) is 0 Å². The van der Waals surface area contributed by atoms with E-state index in [1.54, 1.807) is 10.9 Å². The maximum absolute atomic E-state index is 5.57. The van der Waals surface area contributed by atoms with Crippen molar-refractivity contribution < 1.29 is 9.47 Å². The first-order valence-corrected chi connectivity index (χ1v) is 5.81. The van der Waals surface area contributed by atoms with Gasteiger partial charge in [0.2, 0.25) is 0 Å². The first kappa shape index (κ1) is 12.4. The lowest BCUT2D eigenvalue weighted by Crippen LogP contribution is -2.09. The lowest BCUT2D eigenvalue weighted by molar-refractivity contribution is 0.217. The predicted molar refractivity (Wildman–Crippen MR) is 68.5 cm³/mol. The number of hydrogen-bond donors (Lipinski definition) is 1. The van der Waals surface area contributed by atoms with Crippen LogP contribution >= 0.6 is 0 Å². The van der Waals surface area contributed by atoms with Gasteiger partial charge in [0, 0.05) is 13.6 Å². The predicted octanol–water partition coefficient (Wildman–Crippen LogP) is 1.34. The molecule has 0 amide bonds. The van der Waals surface area contributed by atoms with Crippen molar-refractivity contribution in [2.24, 2.45) is 12.8 Å². The molecule has 0 aliphatic rings. The van der Waals surface area contributed by atoms with E-state index in [0.717, 1.165) is 17.1 Å². The summed E-state index contributed by atoms with van der Waals surface area (Å²) in [6.45, 7) is 1.49. The van der Waals surface area contributed by atoms with E-state index in [0.29, 0.717) is 19.8 Å². The van der Waals surface area contributed by atoms with Gasteiger partial charge in [0.05, 0.1) is 12.4 Å². The van der Waals surface area contributed by atoms with Gasteiger partial charge in [-0.1, -0.05) is 12.1 Å². The van der Waals surface area contributed by atoms with Crippen LogP contribution in [0.2, 0.25) is 0 Å². The van der Waals surface area contributed by atoms with Gasteiger partial charge in [0.1, 0.15) is 19.0 Å². The summed E-state index contributed by atoms with van der Waals surface area (Å²) in [6.07, 6.45) is 3.49. The molecule has 0 unspecified atom stereocenters. The maximum atomic E-state index is 5.57. The van der Waals surface area contributed by atoms with E-state index in [1.165, 1.54) is 0 Å². The van der Waals surface area contributed by atoms with Gasteiger partial charge >= 0.3 is 0 Å². The van der Waals surface area contributed by atoms with Crippen LogP contribution in [0.1, 0.15) is 5.56 Å². The van der Waals surface area contributed by atoms with E-state index in [4.69, 9.17) is 15.2 Å². The van der Waals surface area contributed by atoms with Crippen LogP contribution in [0.15, 0.2) is 36.7 Å². The minimum Gasteiger partial charge on any atom is -0.490 e. The molecule has 1 heterocycles. The fourth-order valence-corrected chi connectivity index (χ4v) is 1.55. The average molecular weight is 247 g/mol. The van der Waals surface area contributed by atoms with E-state index in [2.05, 4.69) is 5.10 Å². The molecule has 0 saturated heterocycles. The summed E-state index contributed by atoms with van der Waals surface area (Å²) in [5, 5.41) is 4.01. The number of aryl methyl sites for hydroxylation is 1. The van der Waals surface area contributed by atoms with Crippen molar-refractivity contribution in [3.05, 3.63) is 42.2 Å². The van der Waals surface area contributed by atoms with Crippen molar-refractivity contribution in [3.8, 4) is 11.5 Å². The third kappa shape index (κ3) is 3.49. The summed E-state index contributed by atoms with van der Waals surface area (Å²) >= 11 is 0. The number of ether oxygens (including phenoxy) is 2. The van der Waals surface area contributed by atoms with Gasteiger partial charge in [-0.15, -0.1) is 0 Å². The van der Waals surface area contributed by atoms with Crippen molar-refractivity contribution in [2.45, 2.75) is 6.54 Å². The zero-order valence-corrected chi connectivity index (χ0v) is 10.4. The zero-order valence-electron chi connectivity index (χ0n) is 10.4. The topological polar surface area (TPSA) is 62.3 Å². The van der Waals surface area contributed by atoms with Gasteiger partial charge in [-0.2, -0.15) is 5.10 Å². The Bertz CT molecular complexity index is 496.